The molecule has 0 spiro atoms. The third-order valence-corrected chi connectivity index (χ3v) is 5.73. The minimum Gasteiger partial charge on any atom is -0.353 e. The maximum absolute atomic E-state index is 12.6. The van der Waals surface area contributed by atoms with Crippen molar-refractivity contribution >= 4 is 5.91 Å². The van der Waals surface area contributed by atoms with E-state index in [0.717, 1.165) is 36.1 Å². The second-order valence-electron chi connectivity index (χ2n) is 7.90. The van der Waals surface area contributed by atoms with Gasteiger partial charge in [0.25, 0.3) is 5.56 Å². The predicted octanol–water partition coefficient (Wildman–Crippen LogP) is 3.86. The molecule has 1 aromatic heterocycles. The van der Waals surface area contributed by atoms with Crippen molar-refractivity contribution in [1.82, 2.24) is 10.3 Å². The molecular formula is C22H24F2N2O2. The molecule has 0 unspecified atom stereocenters. The van der Waals surface area contributed by atoms with Crippen LogP contribution in [0, 0.1) is 0 Å². The van der Waals surface area contributed by atoms with Gasteiger partial charge in [-0.1, -0.05) is 30.3 Å². The quantitative estimate of drug-likeness (QED) is 0.759. The van der Waals surface area contributed by atoms with E-state index in [9.17, 15) is 18.4 Å². The first-order valence-corrected chi connectivity index (χ1v) is 9.89. The van der Waals surface area contributed by atoms with E-state index < -0.39 is 6.43 Å². The Labute approximate surface area is 162 Å². The van der Waals surface area contributed by atoms with Crippen molar-refractivity contribution in [3.63, 3.8) is 0 Å². The number of rotatable bonds is 7. The summed E-state index contributed by atoms with van der Waals surface area (Å²) in [6, 6.07) is 11.1. The van der Waals surface area contributed by atoms with E-state index in [1.54, 1.807) is 12.1 Å². The van der Waals surface area contributed by atoms with Crippen molar-refractivity contribution < 1.29 is 13.6 Å². The van der Waals surface area contributed by atoms with E-state index in [1.165, 1.54) is 0 Å². The van der Waals surface area contributed by atoms with Crippen LogP contribution in [0.1, 0.15) is 66.3 Å². The summed E-state index contributed by atoms with van der Waals surface area (Å²) in [5, 5.41) is 2.99. The molecule has 1 saturated heterocycles. The highest BCUT2D eigenvalue weighted by Crippen LogP contribution is 2.38. The fourth-order valence-electron chi connectivity index (χ4n) is 4.06. The van der Waals surface area contributed by atoms with Gasteiger partial charge in [-0.05, 0) is 48.8 Å². The van der Waals surface area contributed by atoms with E-state index in [2.05, 4.69) is 10.3 Å². The van der Waals surface area contributed by atoms with Crippen molar-refractivity contribution in [2.24, 2.45) is 0 Å². The summed E-state index contributed by atoms with van der Waals surface area (Å²) >= 11 is 0. The van der Waals surface area contributed by atoms with Crippen molar-refractivity contribution in [3.05, 3.63) is 69.1 Å². The topological polar surface area (TPSA) is 62.0 Å². The SMILES string of the molecule is O=C1CC[C@H](C[C@H](c2ccc(CC(F)F)cc2)c2ccc(C3CC3)c(=O)[nH]2)N1. The Bertz CT molecular complexity index is 903. The zero-order valence-electron chi connectivity index (χ0n) is 15.6. The van der Waals surface area contributed by atoms with Crippen LogP contribution in [0.25, 0.3) is 0 Å². The molecule has 1 saturated carbocycles. The van der Waals surface area contributed by atoms with Crippen LogP contribution >= 0.6 is 0 Å². The van der Waals surface area contributed by atoms with Gasteiger partial charge < -0.3 is 10.3 Å². The molecule has 2 aromatic rings. The van der Waals surface area contributed by atoms with Crippen molar-refractivity contribution in [1.29, 1.82) is 0 Å². The van der Waals surface area contributed by atoms with Gasteiger partial charge in [-0.3, -0.25) is 9.59 Å². The molecule has 1 amide bonds. The summed E-state index contributed by atoms with van der Waals surface area (Å²) in [5.74, 6) is 0.317. The fourth-order valence-corrected chi connectivity index (χ4v) is 4.06. The van der Waals surface area contributed by atoms with E-state index in [1.807, 2.05) is 24.3 Å². The van der Waals surface area contributed by atoms with Crippen LogP contribution in [0.2, 0.25) is 0 Å². The molecule has 28 heavy (non-hydrogen) atoms. The molecule has 2 heterocycles. The maximum atomic E-state index is 12.6. The largest absolute Gasteiger partial charge is 0.353 e. The number of aromatic nitrogens is 1. The number of nitrogens with one attached hydrogen (secondary N) is 2. The van der Waals surface area contributed by atoms with Crippen molar-refractivity contribution in [2.75, 3.05) is 0 Å². The van der Waals surface area contributed by atoms with Gasteiger partial charge in [0, 0.05) is 36.1 Å². The summed E-state index contributed by atoms with van der Waals surface area (Å²) in [6.07, 6.45) is 1.43. The molecule has 2 atom stereocenters. The van der Waals surface area contributed by atoms with E-state index in [-0.39, 0.29) is 29.8 Å². The lowest BCUT2D eigenvalue weighted by atomic mass is 9.87. The second-order valence-corrected chi connectivity index (χ2v) is 7.90. The van der Waals surface area contributed by atoms with Gasteiger partial charge in [-0.15, -0.1) is 0 Å². The number of carbonyl (C=O) groups is 1. The Morgan fingerprint density at radius 3 is 2.32 bits per heavy atom. The first-order chi connectivity index (χ1) is 13.5. The van der Waals surface area contributed by atoms with E-state index >= 15 is 0 Å². The number of H-pyrrole nitrogens is 1. The molecule has 2 aliphatic rings. The van der Waals surface area contributed by atoms with Crippen LogP contribution in [0.5, 0.6) is 0 Å². The summed E-state index contributed by atoms with van der Waals surface area (Å²) in [5.41, 5.74) is 3.13. The van der Waals surface area contributed by atoms with Crippen LogP contribution in [0.15, 0.2) is 41.2 Å². The normalized spacial score (nSPS) is 20.4. The third-order valence-electron chi connectivity index (χ3n) is 5.73. The van der Waals surface area contributed by atoms with Gasteiger partial charge in [0.15, 0.2) is 0 Å². The number of amides is 1. The van der Waals surface area contributed by atoms with Gasteiger partial charge in [0.2, 0.25) is 12.3 Å². The van der Waals surface area contributed by atoms with Crippen LogP contribution in [-0.4, -0.2) is 23.4 Å². The zero-order valence-corrected chi connectivity index (χ0v) is 15.6. The van der Waals surface area contributed by atoms with Gasteiger partial charge in [0.05, 0.1) is 0 Å². The Morgan fingerprint density at radius 2 is 1.75 bits per heavy atom. The molecular weight excluding hydrogens is 362 g/mol. The number of hydrogen-bond acceptors (Lipinski definition) is 2. The fraction of sp³-hybridized carbons (Fsp3) is 0.455. The number of pyridine rings is 1. The molecule has 2 N–H and O–H groups in total. The zero-order chi connectivity index (χ0) is 19.7. The summed E-state index contributed by atoms with van der Waals surface area (Å²) in [6.45, 7) is 0. The highest BCUT2D eigenvalue weighted by molar-refractivity contribution is 5.78. The van der Waals surface area contributed by atoms with Crippen LogP contribution in [0.3, 0.4) is 0 Å². The first-order valence-electron chi connectivity index (χ1n) is 9.89. The van der Waals surface area contributed by atoms with Crippen LogP contribution in [-0.2, 0) is 11.2 Å². The third kappa shape index (κ3) is 4.32. The lowest BCUT2D eigenvalue weighted by Crippen LogP contribution is -2.28. The first kappa shape index (κ1) is 18.8. The molecule has 0 bridgehead atoms. The van der Waals surface area contributed by atoms with Crippen molar-refractivity contribution in [2.45, 2.75) is 62.8 Å². The smallest absolute Gasteiger partial charge is 0.251 e. The number of hydrogen-bond donors (Lipinski definition) is 2. The number of alkyl halides is 2. The van der Waals surface area contributed by atoms with Gasteiger partial charge in [-0.25, -0.2) is 8.78 Å². The average molecular weight is 386 g/mol. The molecule has 0 radical (unpaired) electrons. The summed E-state index contributed by atoms with van der Waals surface area (Å²) in [7, 11) is 0. The summed E-state index contributed by atoms with van der Waals surface area (Å²) < 4.78 is 25.2. The van der Waals surface area contributed by atoms with E-state index in [0.29, 0.717) is 24.3 Å². The summed E-state index contributed by atoms with van der Waals surface area (Å²) in [4.78, 5) is 27.1. The monoisotopic (exact) mass is 386 g/mol. The Balaban J connectivity index is 1.62. The maximum Gasteiger partial charge on any atom is 0.251 e. The second kappa shape index (κ2) is 7.86. The molecule has 2 fully saturated rings. The Kier molecular flexibility index (Phi) is 5.29. The minimum absolute atomic E-state index is 0.0462. The minimum atomic E-state index is -2.37. The van der Waals surface area contributed by atoms with Gasteiger partial charge >= 0.3 is 0 Å². The Hall–Kier alpha value is -2.50. The van der Waals surface area contributed by atoms with Gasteiger partial charge in [0.1, 0.15) is 0 Å². The molecule has 1 aliphatic heterocycles. The number of aromatic amines is 1. The molecule has 6 heteroatoms. The van der Waals surface area contributed by atoms with E-state index in [4.69, 9.17) is 0 Å². The predicted molar refractivity (Wildman–Crippen MR) is 103 cm³/mol. The average Bonchev–Trinajstić information content (AvgIpc) is 3.41. The number of benzene rings is 1. The lowest BCUT2D eigenvalue weighted by molar-refractivity contribution is -0.119. The van der Waals surface area contributed by atoms with Crippen molar-refractivity contribution in [3.8, 4) is 0 Å². The molecule has 4 nitrogen and oxygen atoms in total. The molecule has 1 aliphatic carbocycles. The lowest BCUT2D eigenvalue weighted by Gasteiger charge is -2.22. The van der Waals surface area contributed by atoms with Gasteiger partial charge in [-0.2, -0.15) is 0 Å². The standard InChI is InChI=1S/C22H24F2N2O2/c23-20(24)11-13-1-3-15(4-2-13)18(12-16-7-10-21(27)25-16)19-9-8-17(14-5-6-14)22(28)26-19/h1-4,8-9,14,16,18,20H,5-7,10-12H2,(H,25,27)(H,26,28)/t16-,18-/m1/s1. The number of carbonyl (C=O) groups excluding carboxylic acids is 1. The molecule has 148 valence electrons. The number of halogens is 2. The highest BCUT2D eigenvalue weighted by Gasteiger charge is 2.29. The highest BCUT2D eigenvalue weighted by atomic mass is 19.3. The Morgan fingerprint density at radius 1 is 1.00 bits per heavy atom. The molecule has 1 aromatic carbocycles. The molecule has 4 rings (SSSR count). The van der Waals surface area contributed by atoms with Crippen LogP contribution in [0.4, 0.5) is 8.78 Å². The van der Waals surface area contributed by atoms with Crippen LogP contribution < -0.4 is 10.9 Å².